The SMILES string of the molecule is CCOC(=O)C1CCN(C(=O)C(C)Nc2ccc3oc(=O)[nH]c3c2)CC1. The van der Waals surface area contributed by atoms with Crippen molar-refractivity contribution in [1.29, 1.82) is 0 Å². The molecule has 0 bridgehead atoms. The Morgan fingerprint density at radius 1 is 1.38 bits per heavy atom. The fourth-order valence-corrected chi connectivity index (χ4v) is 3.22. The minimum atomic E-state index is -0.509. The molecular formula is C18H23N3O5. The second-order valence-corrected chi connectivity index (χ2v) is 6.44. The summed E-state index contributed by atoms with van der Waals surface area (Å²) < 4.78 is 10.0. The maximum absolute atomic E-state index is 12.6. The maximum atomic E-state index is 12.6. The van der Waals surface area contributed by atoms with Gasteiger partial charge in [0.1, 0.15) is 6.04 Å². The Morgan fingerprint density at radius 3 is 2.81 bits per heavy atom. The van der Waals surface area contributed by atoms with Crippen molar-refractivity contribution in [3.8, 4) is 0 Å². The first-order valence-corrected chi connectivity index (χ1v) is 8.82. The number of nitrogens with zero attached hydrogens (tertiary/aromatic N) is 1. The Bertz CT molecular complexity index is 848. The third-order valence-corrected chi connectivity index (χ3v) is 4.60. The Labute approximate surface area is 150 Å². The normalized spacial score (nSPS) is 16.5. The van der Waals surface area contributed by atoms with Crippen LogP contribution in [0.4, 0.5) is 5.69 Å². The fraction of sp³-hybridized carbons (Fsp3) is 0.500. The number of ether oxygens (including phenoxy) is 1. The van der Waals surface area contributed by atoms with Crippen molar-refractivity contribution in [2.75, 3.05) is 25.0 Å². The van der Waals surface area contributed by atoms with Crippen LogP contribution in [0.1, 0.15) is 26.7 Å². The molecule has 1 aromatic heterocycles. The molecule has 0 aliphatic carbocycles. The molecule has 1 atom stereocenters. The number of rotatable bonds is 5. The minimum absolute atomic E-state index is 0.0203. The van der Waals surface area contributed by atoms with Gasteiger partial charge in [-0.15, -0.1) is 0 Å². The molecule has 1 aliphatic rings. The van der Waals surface area contributed by atoms with Gasteiger partial charge in [0.2, 0.25) is 5.91 Å². The molecule has 1 fully saturated rings. The number of aromatic nitrogens is 1. The number of hydrogen-bond donors (Lipinski definition) is 2. The smallest absolute Gasteiger partial charge is 0.417 e. The van der Waals surface area contributed by atoms with E-state index < -0.39 is 11.8 Å². The van der Waals surface area contributed by atoms with Crippen LogP contribution in [-0.4, -0.2) is 47.5 Å². The molecule has 0 radical (unpaired) electrons. The van der Waals surface area contributed by atoms with E-state index in [-0.39, 0.29) is 17.8 Å². The molecule has 8 heteroatoms. The molecule has 1 amide bonds. The molecule has 2 heterocycles. The van der Waals surface area contributed by atoms with Gasteiger partial charge >= 0.3 is 11.7 Å². The number of nitrogens with one attached hydrogen (secondary N) is 2. The van der Waals surface area contributed by atoms with E-state index in [2.05, 4.69) is 10.3 Å². The molecule has 2 aromatic rings. The summed E-state index contributed by atoms with van der Waals surface area (Å²) in [6.07, 6.45) is 1.25. The third-order valence-electron chi connectivity index (χ3n) is 4.60. The van der Waals surface area contributed by atoms with Gasteiger partial charge < -0.3 is 19.4 Å². The molecule has 0 saturated carbocycles. The van der Waals surface area contributed by atoms with Gasteiger partial charge in [-0.25, -0.2) is 4.79 Å². The standard InChI is InChI=1S/C18H23N3O5/c1-3-25-17(23)12-6-8-21(9-7-12)16(22)11(2)19-13-4-5-15-14(10-13)20-18(24)26-15/h4-5,10-12,19H,3,6-9H2,1-2H3,(H,20,24). The van der Waals surface area contributed by atoms with Gasteiger partial charge in [0.25, 0.3) is 0 Å². The Balaban J connectivity index is 1.57. The number of carbonyl (C=O) groups excluding carboxylic acids is 2. The molecule has 0 spiro atoms. The highest BCUT2D eigenvalue weighted by molar-refractivity contribution is 5.86. The molecule has 8 nitrogen and oxygen atoms in total. The molecule has 1 aromatic carbocycles. The molecule has 3 rings (SSSR count). The lowest BCUT2D eigenvalue weighted by Crippen LogP contribution is -2.46. The second-order valence-electron chi connectivity index (χ2n) is 6.44. The summed E-state index contributed by atoms with van der Waals surface area (Å²) in [7, 11) is 0. The number of amides is 1. The maximum Gasteiger partial charge on any atom is 0.417 e. The zero-order chi connectivity index (χ0) is 18.7. The summed E-state index contributed by atoms with van der Waals surface area (Å²) in [6.45, 7) is 5.05. The highest BCUT2D eigenvalue weighted by Crippen LogP contribution is 2.21. The summed E-state index contributed by atoms with van der Waals surface area (Å²) in [5.74, 6) is -0.824. The average Bonchev–Trinajstić information content (AvgIpc) is 3.00. The molecule has 1 aliphatic heterocycles. The van der Waals surface area contributed by atoms with Crippen LogP contribution in [0.3, 0.4) is 0 Å². The molecule has 1 unspecified atom stereocenters. The summed E-state index contributed by atoms with van der Waals surface area (Å²) >= 11 is 0. The van der Waals surface area contributed by atoms with Crippen LogP contribution >= 0.6 is 0 Å². The van der Waals surface area contributed by atoms with E-state index in [0.717, 1.165) is 5.69 Å². The first-order valence-electron chi connectivity index (χ1n) is 8.82. The third kappa shape index (κ3) is 3.89. The number of aromatic amines is 1. The topological polar surface area (TPSA) is 105 Å². The molecule has 26 heavy (non-hydrogen) atoms. The number of hydrogen-bond acceptors (Lipinski definition) is 6. The van der Waals surface area contributed by atoms with Gasteiger partial charge in [-0.3, -0.25) is 14.6 Å². The van der Waals surface area contributed by atoms with Gasteiger partial charge in [0.05, 0.1) is 18.0 Å². The molecule has 2 N–H and O–H groups in total. The van der Waals surface area contributed by atoms with Gasteiger partial charge in [-0.1, -0.05) is 0 Å². The highest BCUT2D eigenvalue weighted by atomic mass is 16.5. The lowest BCUT2D eigenvalue weighted by atomic mass is 9.96. The second kappa shape index (κ2) is 7.63. The first kappa shape index (κ1) is 18.0. The fourth-order valence-electron chi connectivity index (χ4n) is 3.22. The minimum Gasteiger partial charge on any atom is -0.466 e. The van der Waals surface area contributed by atoms with E-state index in [1.54, 1.807) is 36.9 Å². The van der Waals surface area contributed by atoms with Crippen molar-refractivity contribution in [2.24, 2.45) is 5.92 Å². The highest BCUT2D eigenvalue weighted by Gasteiger charge is 2.30. The summed E-state index contributed by atoms with van der Waals surface area (Å²) in [5.41, 5.74) is 1.77. The van der Waals surface area contributed by atoms with Gasteiger partial charge in [0, 0.05) is 18.8 Å². The van der Waals surface area contributed by atoms with Crippen LogP contribution in [-0.2, 0) is 14.3 Å². The Morgan fingerprint density at radius 2 is 2.12 bits per heavy atom. The van der Waals surface area contributed by atoms with Crippen LogP contribution in [0.5, 0.6) is 0 Å². The zero-order valence-corrected chi connectivity index (χ0v) is 14.9. The molecule has 1 saturated heterocycles. The van der Waals surface area contributed by atoms with E-state index in [4.69, 9.17) is 9.15 Å². The van der Waals surface area contributed by atoms with Gasteiger partial charge in [-0.2, -0.15) is 0 Å². The predicted molar refractivity (Wildman–Crippen MR) is 95.9 cm³/mol. The number of esters is 1. The van der Waals surface area contributed by atoms with Crippen molar-refractivity contribution in [2.45, 2.75) is 32.7 Å². The average molecular weight is 361 g/mol. The van der Waals surface area contributed by atoms with E-state index in [1.165, 1.54) is 0 Å². The van der Waals surface area contributed by atoms with Crippen LogP contribution in [0.2, 0.25) is 0 Å². The number of carbonyl (C=O) groups is 2. The van der Waals surface area contributed by atoms with Crippen LogP contribution in [0, 0.1) is 5.92 Å². The van der Waals surface area contributed by atoms with Crippen molar-refractivity contribution >= 4 is 28.7 Å². The Hall–Kier alpha value is -2.77. The monoisotopic (exact) mass is 361 g/mol. The van der Waals surface area contributed by atoms with E-state index in [1.807, 2.05) is 0 Å². The first-order chi connectivity index (χ1) is 12.5. The predicted octanol–water partition coefficient (Wildman–Crippen LogP) is 1.72. The van der Waals surface area contributed by atoms with Crippen LogP contribution in [0.15, 0.2) is 27.4 Å². The van der Waals surface area contributed by atoms with Crippen LogP contribution < -0.4 is 11.1 Å². The number of piperidine rings is 1. The zero-order valence-electron chi connectivity index (χ0n) is 14.9. The number of benzene rings is 1. The number of oxazole rings is 1. The number of anilines is 1. The summed E-state index contributed by atoms with van der Waals surface area (Å²) in [4.78, 5) is 40.0. The molecule has 140 valence electrons. The lowest BCUT2D eigenvalue weighted by molar-refractivity contribution is -0.151. The van der Waals surface area contributed by atoms with E-state index in [9.17, 15) is 14.4 Å². The van der Waals surface area contributed by atoms with Crippen molar-refractivity contribution in [3.63, 3.8) is 0 Å². The number of fused-ring (bicyclic) bond motifs is 1. The number of likely N-dealkylation sites (tertiary alicyclic amines) is 1. The quantitative estimate of drug-likeness (QED) is 0.786. The summed E-state index contributed by atoms with van der Waals surface area (Å²) in [6, 6.07) is 4.75. The van der Waals surface area contributed by atoms with E-state index in [0.29, 0.717) is 43.6 Å². The van der Waals surface area contributed by atoms with E-state index >= 15 is 0 Å². The van der Waals surface area contributed by atoms with Crippen molar-refractivity contribution in [1.82, 2.24) is 9.88 Å². The van der Waals surface area contributed by atoms with Crippen LogP contribution in [0.25, 0.3) is 11.1 Å². The largest absolute Gasteiger partial charge is 0.466 e. The number of H-pyrrole nitrogens is 1. The van der Waals surface area contributed by atoms with Crippen molar-refractivity contribution in [3.05, 3.63) is 28.7 Å². The lowest BCUT2D eigenvalue weighted by Gasteiger charge is -2.33. The van der Waals surface area contributed by atoms with Gasteiger partial charge in [-0.05, 0) is 44.9 Å². The Kier molecular flexibility index (Phi) is 5.29. The van der Waals surface area contributed by atoms with Crippen molar-refractivity contribution < 1.29 is 18.7 Å². The summed E-state index contributed by atoms with van der Waals surface area (Å²) in [5, 5.41) is 3.15. The molecular weight excluding hydrogens is 338 g/mol. The van der Waals surface area contributed by atoms with Gasteiger partial charge in [0.15, 0.2) is 5.58 Å².